The summed E-state index contributed by atoms with van der Waals surface area (Å²) in [5, 5.41) is 0.829. The molecule has 0 aliphatic rings. The van der Waals surface area contributed by atoms with Crippen molar-refractivity contribution in [3.63, 3.8) is 0 Å². The third-order valence-corrected chi connectivity index (χ3v) is 3.52. The van der Waals surface area contributed by atoms with Crippen molar-refractivity contribution in [2.75, 3.05) is 38.6 Å². The van der Waals surface area contributed by atoms with Gasteiger partial charge in [-0.25, -0.2) is 0 Å². The minimum absolute atomic E-state index is 0.164. The van der Waals surface area contributed by atoms with Crippen LogP contribution in [0.25, 0.3) is 0 Å². The molecular formula is C16H28ClN3. The molecule has 1 aromatic rings. The summed E-state index contributed by atoms with van der Waals surface area (Å²) in [7, 11) is 4.19. The van der Waals surface area contributed by atoms with Gasteiger partial charge in [0.1, 0.15) is 0 Å². The summed E-state index contributed by atoms with van der Waals surface area (Å²) in [5.74, 6) is 0. The van der Waals surface area contributed by atoms with Gasteiger partial charge in [0, 0.05) is 25.7 Å². The summed E-state index contributed by atoms with van der Waals surface area (Å²) in [6.07, 6.45) is 1.98. The first-order chi connectivity index (χ1) is 9.43. The molecule has 0 amide bonds. The molecule has 1 atom stereocenters. The smallest absolute Gasteiger partial charge is 0.0642 e. The summed E-state index contributed by atoms with van der Waals surface area (Å²) in [6, 6.07) is 6.49. The fraction of sp³-hybridized carbons (Fsp3) is 0.625. The lowest BCUT2D eigenvalue weighted by molar-refractivity contribution is 0.413. The molecule has 1 unspecified atom stereocenters. The summed E-state index contributed by atoms with van der Waals surface area (Å²) in [5.41, 5.74) is 8.18. The molecule has 0 saturated heterocycles. The number of hydrogen-bond acceptors (Lipinski definition) is 3. The fourth-order valence-corrected chi connectivity index (χ4v) is 2.57. The molecule has 1 rings (SSSR count). The zero-order valence-corrected chi connectivity index (χ0v) is 14.0. The molecule has 0 aliphatic heterocycles. The van der Waals surface area contributed by atoms with E-state index in [1.165, 1.54) is 5.56 Å². The molecule has 0 fully saturated rings. The highest BCUT2D eigenvalue weighted by Gasteiger charge is 2.11. The van der Waals surface area contributed by atoms with Crippen LogP contribution in [0.5, 0.6) is 0 Å². The first-order valence-corrected chi connectivity index (χ1v) is 7.75. The van der Waals surface area contributed by atoms with E-state index in [2.05, 4.69) is 49.0 Å². The van der Waals surface area contributed by atoms with Gasteiger partial charge in [0.2, 0.25) is 0 Å². The Kier molecular flexibility index (Phi) is 7.35. The van der Waals surface area contributed by atoms with Crippen molar-refractivity contribution < 1.29 is 0 Å². The molecule has 0 radical (unpaired) electrons. The fourth-order valence-electron chi connectivity index (χ4n) is 2.25. The molecule has 20 heavy (non-hydrogen) atoms. The van der Waals surface area contributed by atoms with Crippen molar-refractivity contribution in [3.8, 4) is 0 Å². The monoisotopic (exact) mass is 297 g/mol. The molecule has 0 bridgehead atoms. The average molecular weight is 298 g/mol. The van der Waals surface area contributed by atoms with Gasteiger partial charge in [0.15, 0.2) is 0 Å². The van der Waals surface area contributed by atoms with E-state index in [-0.39, 0.29) is 6.04 Å². The highest BCUT2D eigenvalue weighted by Crippen LogP contribution is 2.27. The average Bonchev–Trinajstić information content (AvgIpc) is 2.34. The molecule has 2 N–H and O–H groups in total. The van der Waals surface area contributed by atoms with E-state index in [9.17, 15) is 0 Å². The van der Waals surface area contributed by atoms with Gasteiger partial charge in [0.05, 0.1) is 10.7 Å². The highest BCUT2D eigenvalue weighted by atomic mass is 35.5. The lowest BCUT2D eigenvalue weighted by Crippen LogP contribution is -2.32. The molecule has 4 heteroatoms. The quantitative estimate of drug-likeness (QED) is 0.800. The second kappa shape index (κ2) is 8.50. The van der Waals surface area contributed by atoms with Gasteiger partial charge >= 0.3 is 0 Å². The number of likely N-dealkylation sites (N-methyl/N-ethyl adjacent to an activating group) is 1. The van der Waals surface area contributed by atoms with Crippen LogP contribution < -0.4 is 10.6 Å². The van der Waals surface area contributed by atoms with Crippen LogP contribution in [0.1, 0.15) is 25.8 Å². The van der Waals surface area contributed by atoms with Crippen LogP contribution in [0.15, 0.2) is 18.2 Å². The van der Waals surface area contributed by atoms with E-state index in [0.29, 0.717) is 0 Å². The molecule has 114 valence electrons. The van der Waals surface area contributed by atoms with Crippen LogP contribution >= 0.6 is 11.6 Å². The Morgan fingerprint density at radius 2 is 1.90 bits per heavy atom. The summed E-state index contributed by atoms with van der Waals surface area (Å²) < 4.78 is 0. The summed E-state index contributed by atoms with van der Waals surface area (Å²) in [6.45, 7) is 7.26. The van der Waals surface area contributed by atoms with Crippen LogP contribution in [0.4, 0.5) is 5.69 Å². The van der Waals surface area contributed by atoms with Gasteiger partial charge in [-0.3, -0.25) is 0 Å². The van der Waals surface area contributed by atoms with Crippen LogP contribution in [-0.4, -0.2) is 44.7 Å². The third kappa shape index (κ3) is 5.70. The molecule has 0 heterocycles. The number of benzene rings is 1. The Labute approximate surface area is 128 Å². The number of halogens is 1. The van der Waals surface area contributed by atoms with Crippen molar-refractivity contribution in [3.05, 3.63) is 28.8 Å². The Hall–Kier alpha value is -0.770. The number of nitrogens with two attached hydrogens (primary N) is 1. The van der Waals surface area contributed by atoms with E-state index in [1.807, 2.05) is 6.92 Å². The van der Waals surface area contributed by atoms with E-state index in [0.717, 1.165) is 43.2 Å². The Morgan fingerprint density at radius 1 is 1.20 bits per heavy atom. The highest BCUT2D eigenvalue weighted by molar-refractivity contribution is 6.33. The molecule has 0 spiro atoms. The summed E-state index contributed by atoms with van der Waals surface area (Å²) in [4.78, 5) is 4.55. The molecule has 0 saturated carbocycles. The molecule has 0 aromatic heterocycles. The Bertz CT molecular complexity index is 405. The van der Waals surface area contributed by atoms with Gasteiger partial charge in [-0.2, -0.15) is 0 Å². The lowest BCUT2D eigenvalue weighted by atomic mass is 10.1. The van der Waals surface area contributed by atoms with Crippen molar-refractivity contribution in [2.45, 2.75) is 32.7 Å². The zero-order chi connectivity index (χ0) is 15.1. The van der Waals surface area contributed by atoms with Gasteiger partial charge in [-0.1, -0.05) is 24.6 Å². The predicted octanol–water partition coefficient (Wildman–Crippen LogP) is 3.01. The molecule has 3 nitrogen and oxygen atoms in total. The SMILES string of the molecule is CCCN(CCN(C)C)c1ccc(CC(C)N)cc1Cl. The largest absolute Gasteiger partial charge is 0.369 e. The number of rotatable bonds is 8. The maximum absolute atomic E-state index is 6.46. The lowest BCUT2D eigenvalue weighted by Gasteiger charge is -2.27. The maximum atomic E-state index is 6.46. The van der Waals surface area contributed by atoms with Crippen molar-refractivity contribution in [1.82, 2.24) is 4.90 Å². The standard InChI is InChI=1S/C16H28ClN3/c1-5-8-20(10-9-19(3)4)16-7-6-14(11-13(2)18)12-15(16)17/h6-7,12-13H,5,8-11,18H2,1-4H3. The second-order valence-corrected chi connectivity index (χ2v) is 6.16. The van der Waals surface area contributed by atoms with E-state index in [1.54, 1.807) is 0 Å². The molecular weight excluding hydrogens is 270 g/mol. The minimum Gasteiger partial charge on any atom is -0.369 e. The van der Waals surface area contributed by atoms with E-state index >= 15 is 0 Å². The number of anilines is 1. The van der Waals surface area contributed by atoms with Gasteiger partial charge < -0.3 is 15.5 Å². The normalized spacial score (nSPS) is 12.8. The van der Waals surface area contributed by atoms with Crippen LogP contribution in [0.3, 0.4) is 0 Å². The van der Waals surface area contributed by atoms with Crippen molar-refractivity contribution in [2.24, 2.45) is 5.73 Å². The van der Waals surface area contributed by atoms with Gasteiger partial charge in [0.25, 0.3) is 0 Å². The van der Waals surface area contributed by atoms with E-state index < -0.39 is 0 Å². The molecule has 1 aromatic carbocycles. The number of nitrogens with zero attached hydrogens (tertiary/aromatic N) is 2. The Balaban J connectivity index is 2.84. The zero-order valence-electron chi connectivity index (χ0n) is 13.2. The van der Waals surface area contributed by atoms with E-state index in [4.69, 9.17) is 17.3 Å². The first-order valence-electron chi connectivity index (χ1n) is 7.37. The van der Waals surface area contributed by atoms with Crippen LogP contribution in [-0.2, 0) is 6.42 Å². The summed E-state index contributed by atoms with van der Waals surface area (Å²) >= 11 is 6.46. The Morgan fingerprint density at radius 3 is 2.40 bits per heavy atom. The van der Waals surface area contributed by atoms with Crippen molar-refractivity contribution in [1.29, 1.82) is 0 Å². The topological polar surface area (TPSA) is 32.5 Å². The van der Waals surface area contributed by atoms with Gasteiger partial charge in [-0.05, 0) is 51.6 Å². The van der Waals surface area contributed by atoms with Crippen LogP contribution in [0, 0.1) is 0 Å². The third-order valence-electron chi connectivity index (χ3n) is 3.22. The number of hydrogen-bond donors (Lipinski definition) is 1. The first kappa shape index (κ1) is 17.3. The minimum atomic E-state index is 0.164. The predicted molar refractivity (Wildman–Crippen MR) is 89.9 cm³/mol. The maximum Gasteiger partial charge on any atom is 0.0642 e. The second-order valence-electron chi connectivity index (χ2n) is 5.76. The van der Waals surface area contributed by atoms with Crippen molar-refractivity contribution >= 4 is 17.3 Å². The molecule has 0 aliphatic carbocycles. The van der Waals surface area contributed by atoms with Gasteiger partial charge in [-0.15, -0.1) is 0 Å². The van der Waals surface area contributed by atoms with Crippen LogP contribution in [0.2, 0.25) is 5.02 Å².